The predicted octanol–water partition coefficient (Wildman–Crippen LogP) is 2.26. The van der Waals surface area contributed by atoms with Crippen molar-refractivity contribution in [2.75, 3.05) is 19.6 Å². The number of hydrogen-bond acceptors (Lipinski definition) is 4. The third-order valence-corrected chi connectivity index (χ3v) is 4.47. The summed E-state index contributed by atoms with van der Waals surface area (Å²) in [6.45, 7) is 7.39. The maximum Gasteiger partial charge on any atom is 0.254 e. The molecular formula is C17H24N4O2. The number of nitrogens with zero attached hydrogens (tertiary/aromatic N) is 2. The molecule has 3 rings (SSSR count). The van der Waals surface area contributed by atoms with Crippen molar-refractivity contribution in [3.8, 4) is 0 Å². The number of carbonyl (C=O) groups excluding carboxylic acids is 1. The van der Waals surface area contributed by atoms with E-state index in [0.29, 0.717) is 17.2 Å². The lowest BCUT2D eigenvalue weighted by atomic mass is 9.96. The standard InChI is InChI=1S/C17H24N4O2/c1-12-9-15(13(2)23-12)17(22)20-10-14-3-7-21(8-4-14)11-16-18-5-6-19-16/h5-6,9,14H,3-4,7-8,10-11H2,1-2H3,(H,18,19)(H,20,22). The molecule has 0 atom stereocenters. The molecule has 0 spiro atoms. The third kappa shape index (κ3) is 4.01. The van der Waals surface area contributed by atoms with Crippen LogP contribution >= 0.6 is 0 Å². The molecule has 0 saturated carbocycles. The first-order valence-electron chi connectivity index (χ1n) is 8.17. The highest BCUT2D eigenvalue weighted by atomic mass is 16.3. The predicted molar refractivity (Wildman–Crippen MR) is 87.1 cm³/mol. The number of aromatic nitrogens is 2. The van der Waals surface area contributed by atoms with Crippen molar-refractivity contribution in [3.63, 3.8) is 0 Å². The number of H-pyrrole nitrogens is 1. The number of likely N-dealkylation sites (tertiary alicyclic amines) is 1. The van der Waals surface area contributed by atoms with Crippen molar-refractivity contribution in [1.82, 2.24) is 20.2 Å². The van der Waals surface area contributed by atoms with Gasteiger partial charge in [-0.3, -0.25) is 9.69 Å². The Hall–Kier alpha value is -2.08. The number of nitrogens with one attached hydrogen (secondary N) is 2. The molecule has 0 bridgehead atoms. The number of furan rings is 1. The van der Waals surface area contributed by atoms with Gasteiger partial charge >= 0.3 is 0 Å². The monoisotopic (exact) mass is 316 g/mol. The molecular weight excluding hydrogens is 292 g/mol. The Labute approximate surface area is 136 Å². The Bertz CT molecular complexity index is 640. The molecule has 1 saturated heterocycles. The third-order valence-electron chi connectivity index (χ3n) is 4.47. The van der Waals surface area contributed by atoms with Crippen molar-refractivity contribution in [2.45, 2.75) is 33.2 Å². The number of imidazole rings is 1. The summed E-state index contributed by atoms with van der Waals surface area (Å²) in [5.74, 6) is 2.99. The normalized spacial score (nSPS) is 16.6. The van der Waals surface area contributed by atoms with Crippen LogP contribution in [0.1, 0.15) is 40.5 Å². The number of carbonyl (C=O) groups is 1. The highest BCUT2D eigenvalue weighted by Crippen LogP contribution is 2.18. The van der Waals surface area contributed by atoms with Crippen LogP contribution in [0.2, 0.25) is 0 Å². The molecule has 0 aromatic carbocycles. The van der Waals surface area contributed by atoms with Crippen molar-refractivity contribution in [2.24, 2.45) is 5.92 Å². The Balaban J connectivity index is 1.42. The van der Waals surface area contributed by atoms with Gasteiger partial charge < -0.3 is 14.7 Å². The first-order chi connectivity index (χ1) is 11.1. The zero-order valence-electron chi connectivity index (χ0n) is 13.8. The fourth-order valence-corrected chi connectivity index (χ4v) is 3.13. The Morgan fingerprint density at radius 3 is 2.83 bits per heavy atom. The molecule has 3 heterocycles. The lowest BCUT2D eigenvalue weighted by molar-refractivity contribution is 0.0933. The molecule has 1 aliphatic rings. The summed E-state index contributed by atoms with van der Waals surface area (Å²) in [5.41, 5.74) is 0.651. The molecule has 1 fully saturated rings. The van der Waals surface area contributed by atoms with E-state index in [1.54, 1.807) is 12.3 Å². The maximum atomic E-state index is 12.2. The van der Waals surface area contributed by atoms with Gasteiger partial charge in [0.25, 0.3) is 5.91 Å². The van der Waals surface area contributed by atoms with E-state index >= 15 is 0 Å². The molecule has 6 heteroatoms. The van der Waals surface area contributed by atoms with Crippen LogP contribution in [0.5, 0.6) is 0 Å². The molecule has 2 N–H and O–H groups in total. The van der Waals surface area contributed by atoms with Crippen LogP contribution in [-0.2, 0) is 6.54 Å². The van der Waals surface area contributed by atoms with Crippen LogP contribution in [0.25, 0.3) is 0 Å². The van der Waals surface area contributed by atoms with Crippen molar-refractivity contribution >= 4 is 5.91 Å². The molecule has 2 aromatic rings. The van der Waals surface area contributed by atoms with Crippen LogP contribution < -0.4 is 5.32 Å². The van der Waals surface area contributed by atoms with Crippen molar-refractivity contribution < 1.29 is 9.21 Å². The van der Waals surface area contributed by atoms with Gasteiger partial charge in [-0.15, -0.1) is 0 Å². The summed E-state index contributed by atoms with van der Waals surface area (Å²) in [6.07, 6.45) is 5.85. The van der Waals surface area contributed by atoms with E-state index in [4.69, 9.17) is 4.42 Å². The summed E-state index contributed by atoms with van der Waals surface area (Å²) in [4.78, 5) is 22.0. The second-order valence-electron chi connectivity index (χ2n) is 6.29. The zero-order chi connectivity index (χ0) is 16.2. The van der Waals surface area contributed by atoms with Gasteiger partial charge in [-0.2, -0.15) is 0 Å². The van der Waals surface area contributed by atoms with Gasteiger partial charge in [-0.1, -0.05) is 0 Å². The van der Waals surface area contributed by atoms with Gasteiger partial charge in [-0.25, -0.2) is 4.98 Å². The summed E-state index contributed by atoms with van der Waals surface area (Å²) in [6, 6.07) is 1.80. The highest BCUT2D eigenvalue weighted by Gasteiger charge is 2.21. The minimum atomic E-state index is -0.0302. The van der Waals surface area contributed by atoms with E-state index in [1.807, 2.05) is 20.0 Å². The Kier molecular flexibility index (Phi) is 4.81. The van der Waals surface area contributed by atoms with E-state index in [1.165, 1.54) is 0 Å². The Morgan fingerprint density at radius 2 is 2.22 bits per heavy atom. The quantitative estimate of drug-likeness (QED) is 0.887. The van der Waals surface area contributed by atoms with E-state index in [2.05, 4.69) is 20.2 Å². The first kappa shape index (κ1) is 15.8. The fraction of sp³-hybridized carbons (Fsp3) is 0.529. The van der Waals surface area contributed by atoms with Crippen LogP contribution in [-0.4, -0.2) is 40.4 Å². The van der Waals surface area contributed by atoms with Crippen LogP contribution in [0.4, 0.5) is 0 Å². The van der Waals surface area contributed by atoms with Crippen LogP contribution in [0, 0.1) is 19.8 Å². The molecule has 124 valence electrons. The average Bonchev–Trinajstić information content (AvgIpc) is 3.15. The lowest BCUT2D eigenvalue weighted by Gasteiger charge is -2.31. The number of amides is 1. The molecule has 2 aromatic heterocycles. The average molecular weight is 316 g/mol. The van der Waals surface area contributed by atoms with Gasteiger partial charge in [0.15, 0.2) is 0 Å². The number of aryl methyl sites for hydroxylation is 2. The van der Waals surface area contributed by atoms with Crippen molar-refractivity contribution in [3.05, 3.63) is 41.4 Å². The summed E-state index contributed by atoms with van der Waals surface area (Å²) in [5, 5.41) is 3.05. The maximum absolute atomic E-state index is 12.2. The van der Waals surface area contributed by atoms with Crippen molar-refractivity contribution in [1.29, 1.82) is 0 Å². The van der Waals surface area contributed by atoms with Crippen LogP contribution in [0.3, 0.4) is 0 Å². The first-order valence-corrected chi connectivity index (χ1v) is 8.17. The van der Waals surface area contributed by atoms with Gasteiger partial charge in [-0.05, 0) is 51.8 Å². The van der Waals surface area contributed by atoms with E-state index in [9.17, 15) is 4.79 Å². The molecule has 6 nitrogen and oxygen atoms in total. The minimum Gasteiger partial charge on any atom is -0.466 e. The largest absolute Gasteiger partial charge is 0.466 e. The fourth-order valence-electron chi connectivity index (χ4n) is 3.13. The molecule has 23 heavy (non-hydrogen) atoms. The Morgan fingerprint density at radius 1 is 1.43 bits per heavy atom. The molecule has 0 aliphatic carbocycles. The number of piperidine rings is 1. The zero-order valence-corrected chi connectivity index (χ0v) is 13.8. The molecule has 0 radical (unpaired) electrons. The van der Waals surface area contributed by atoms with Crippen LogP contribution in [0.15, 0.2) is 22.9 Å². The highest BCUT2D eigenvalue weighted by molar-refractivity contribution is 5.95. The van der Waals surface area contributed by atoms with E-state index in [0.717, 1.165) is 50.6 Å². The summed E-state index contributed by atoms with van der Waals surface area (Å²) >= 11 is 0. The molecule has 1 aliphatic heterocycles. The molecule has 0 unspecified atom stereocenters. The minimum absolute atomic E-state index is 0.0302. The van der Waals surface area contributed by atoms with Gasteiger partial charge in [0.2, 0.25) is 0 Å². The number of hydrogen-bond donors (Lipinski definition) is 2. The van der Waals surface area contributed by atoms with Gasteiger partial charge in [0, 0.05) is 18.9 Å². The second-order valence-corrected chi connectivity index (χ2v) is 6.29. The number of rotatable bonds is 5. The van der Waals surface area contributed by atoms with Gasteiger partial charge in [0.1, 0.15) is 17.3 Å². The topological polar surface area (TPSA) is 74.2 Å². The SMILES string of the molecule is Cc1cc(C(=O)NCC2CCN(Cc3ncc[nH]3)CC2)c(C)o1. The van der Waals surface area contributed by atoms with E-state index in [-0.39, 0.29) is 5.91 Å². The summed E-state index contributed by atoms with van der Waals surface area (Å²) < 4.78 is 5.42. The lowest BCUT2D eigenvalue weighted by Crippen LogP contribution is -2.38. The smallest absolute Gasteiger partial charge is 0.254 e. The number of aromatic amines is 1. The molecule has 1 amide bonds. The summed E-state index contributed by atoms with van der Waals surface area (Å²) in [7, 11) is 0. The van der Waals surface area contributed by atoms with Gasteiger partial charge in [0.05, 0.1) is 12.1 Å². The second kappa shape index (κ2) is 7.00. The van der Waals surface area contributed by atoms with E-state index < -0.39 is 0 Å².